The Morgan fingerprint density at radius 3 is 2.35 bits per heavy atom. The zero-order chi connectivity index (χ0) is 14.5. The van der Waals surface area contributed by atoms with Crippen LogP contribution in [0.25, 0.3) is 11.1 Å². The summed E-state index contributed by atoms with van der Waals surface area (Å²) in [6.07, 6.45) is 1.92. The molecule has 0 heterocycles. The Labute approximate surface area is 118 Å². The van der Waals surface area contributed by atoms with Gasteiger partial charge >= 0.3 is 0 Å². The van der Waals surface area contributed by atoms with Gasteiger partial charge in [-0.3, -0.25) is 0 Å². The van der Waals surface area contributed by atoms with E-state index in [9.17, 15) is 9.50 Å². The average molecular weight is 274 g/mol. The van der Waals surface area contributed by atoms with Crippen molar-refractivity contribution in [2.75, 3.05) is 0 Å². The normalized spacial score (nSPS) is 12.2. The van der Waals surface area contributed by atoms with Gasteiger partial charge in [0.1, 0.15) is 5.75 Å². The molecule has 2 aromatic rings. The maximum Gasteiger partial charge on any atom is 0.165 e. The van der Waals surface area contributed by atoms with E-state index in [0.717, 1.165) is 24.0 Å². The predicted octanol–water partition coefficient (Wildman–Crippen LogP) is 4.77. The zero-order valence-electron chi connectivity index (χ0n) is 11.8. The molecule has 0 aromatic heterocycles. The van der Waals surface area contributed by atoms with E-state index in [1.807, 2.05) is 13.0 Å². The summed E-state index contributed by atoms with van der Waals surface area (Å²) in [5.74, 6) is 0.120. The lowest BCUT2D eigenvalue weighted by Gasteiger charge is -2.15. The maximum absolute atomic E-state index is 14.0. The summed E-state index contributed by atoms with van der Waals surface area (Å²) < 4.78 is 19.6. The van der Waals surface area contributed by atoms with Crippen molar-refractivity contribution in [1.29, 1.82) is 0 Å². The van der Waals surface area contributed by atoms with Crippen molar-refractivity contribution in [3.8, 4) is 22.6 Å². The van der Waals surface area contributed by atoms with Gasteiger partial charge in [-0.1, -0.05) is 31.5 Å². The first-order valence-corrected chi connectivity index (χ1v) is 6.85. The Kier molecular flexibility index (Phi) is 4.61. The highest BCUT2D eigenvalue weighted by Gasteiger charge is 2.09. The third-order valence-corrected chi connectivity index (χ3v) is 3.16. The minimum absolute atomic E-state index is 0.00835. The minimum Gasteiger partial charge on any atom is -0.508 e. The lowest BCUT2D eigenvalue weighted by molar-refractivity contribution is 0.201. The Balaban J connectivity index is 2.19. The summed E-state index contributed by atoms with van der Waals surface area (Å²) >= 11 is 0. The molecule has 2 nitrogen and oxygen atoms in total. The molecule has 0 saturated carbocycles. The van der Waals surface area contributed by atoms with Gasteiger partial charge in [-0.25, -0.2) is 4.39 Å². The summed E-state index contributed by atoms with van der Waals surface area (Å²) in [6, 6.07) is 11.6. The quantitative estimate of drug-likeness (QED) is 0.851. The van der Waals surface area contributed by atoms with Crippen LogP contribution < -0.4 is 4.74 Å². The van der Waals surface area contributed by atoms with Crippen LogP contribution in [0.15, 0.2) is 42.5 Å². The Hall–Kier alpha value is -2.03. The van der Waals surface area contributed by atoms with Gasteiger partial charge in [0, 0.05) is 0 Å². The standard InChI is InChI=1S/C17H19FO2/c1-3-4-12(2)20-17-10-7-14(11-16(17)18)13-5-8-15(19)9-6-13/h5-12,19H,3-4H2,1-2H3/t12-/m0/s1. The van der Waals surface area contributed by atoms with Gasteiger partial charge in [0.15, 0.2) is 11.6 Å². The van der Waals surface area contributed by atoms with E-state index in [4.69, 9.17) is 4.74 Å². The second-order valence-electron chi connectivity index (χ2n) is 4.91. The van der Waals surface area contributed by atoms with Crippen LogP contribution in [0, 0.1) is 5.82 Å². The molecule has 0 saturated heterocycles. The van der Waals surface area contributed by atoms with E-state index in [-0.39, 0.29) is 23.4 Å². The van der Waals surface area contributed by atoms with Gasteiger partial charge in [-0.05, 0) is 48.7 Å². The molecular formula is C17H19FO2. The number of benzene rings is 2. The number of rotatable bonds is 5. The molecule has 0 aliphatic rings. The summed E-state index contributed by atoms with van der Waals surface area (Å²) in [5.41, 5.74) is 1.62. The number of hydrogen-bond donors (Lipinski definition) is 1. The largest absolute Gasteiger partial charge is 0.508 e. The topological polar surface area (TPSA) is 29.5 Å². The highest BCUT2D eigenvalue weighted by molar-refractivity contribution is 5.65. The van der Waals surface area contributed by atoms with Crippen molar-refractivity contribution in [2.45, 2.75) is 32.8 Å². The molecule has 0 spiro atoms. The highest BCUT2D eigenvalue weighted by atomic mass is 19.1. The molecule has 2 aromatic carbocycles. The van der Waals surface area contributed by atoms with Crippen molar-refractivity contribution in [3.05, 3.63) is 48.3 Å². The van der Waals surface area contributed by atoms with E-state index >= 15 is 0 Å². The van der Waals surface area contributed by atoms with Crippen molar-refractivity contribution >= 4 is 0 Å². The molecule has 0 aliphatic heterocycles. The second-order valence-corrected chi connectivity index (χ2v) is 4.91. The lowest BCUT2D eigenvalue weighted by Crippen LogP contribution is -2.11. The first-order chi connectivity index (χ1) is 9.60. The molecular weight excluding hydrogens is 255 g/mol. The molecule has 0 unspecified atom stereocenters. The molecule has 0 amide bonds. The molecule has 1 N–H and O–H groups in total. The molecule has 20 heavy (non-hydrogen) atoms. The van der Waals surface area contributed by atoms with Gasteiger partial charge < -0.3 is 9.84 Å². The van der Waals surface area contributed by atoms with Crippen molar-refractivity contribution in [1.82, 2.24) is 0 Å². The third kappa shape index (κ3) is 3.50. The summed E-state index contributed by atoms with van der Waals surface area (Å²) in [5, 5.41) is 9.26. The lowest BCUT2D eigenvalue weighted by atomic mass is 10.1. The van der Waals surface area contributed by atoms with Crippen LogP contribution >= 0.6 is 0 Å². The molecule has 0 fully saturated rings. The molecule has 106 valence electrons. The zero-order valence-corrected chi connectivity index (χ0v) is 11.8. The van der Waals surface area contributed by atoms with E-state index in [0.29, 0.717) is 0 Å². The second kappa shape index (κ2) is 6.42. The van der Waals surface area contributed by atoms with Crippen LogP contribution in [0.5, 0.6) is 11.5 Å². The van der Waals surface area contributed by atoms with Gasteiger partial charge in [-0.15, -0.1) is 0 Å². The van der Waals surface area contributed by atoms with E-state index in [2.05, 4.69) is 6.92 Å². The average Bonchev–Trinajstić information content (AvgIpc) is 2.42. The third-order valence-electron chi connectivity index (χ3n) is 3.16. The molecule has 2 rings (SSSR count). The molecule has 0 aliphatic carbocycles. The summed E-state index contributed by atoms with van der Waals surface area (Å²) in [4.78, 5) is 0. The van der Waals surface area contributed by atoms with Crippen LogP contribution in [0.1, 0.15) is 26.7 Å². The van der Waals surface area contributed by atoms with Crippen LogP contribution in [0.4, 0.5) is 4.39 Å². The van der Waals surface area contributed by atoms with Crippen LogP contribution in [-0.2, 0) is 0 Å². The van der Waals surface area contributed by atoms with Gasteiger partial charge in [0.25, 0.3) is 0 Å². The fraction of sp³-hybridized carbons (Fsp3) is 0.294. The monoisotopic (exact) mass is 274 g/mol. The first kappa shape index (κ1) is 14.4. The molecule has 0 bridgehead atoms. The van der Waals surface area contributed by atoms with Crippen LogP contribution in [0.2, 0.25) is 0 Å². The Morgan fingerprint density at radius 1 is 1.10 bits per heavy atom. The Morgan fingerprint density at radius 2 is 1.75 bits per heavy atom. The molecule has 0 radical (unpaired) electrons. The van der Waals surface area contributed by atoms with Crippen LogP contribution in [0.3, 0.4) is 0 Å². The fourth-order valence-corrected chi connectivity index (χ4v) is 2.11. The fourth-order valence-electron chi connectivity index (χ4n) is 2.11. The minimum atomic E-state index is -0.362. The van der Waals surface area contributed by atoms with Crippen molar-refractivity contribution < 1.29 is 14.2 Å². The molecule has 3 heteroatoms. The highest BCUT2D eigenvalue weighted by Crippen LogP contribution is 2.27. The van der Waals surface area contributed by atoms with E-state index in [1.54, 1.807) is 30.3 Å². The maximum atomic E-state index is 14.0. The number of phenolic OH excluding ortho intramolecular Hbond substituents is 1. The van der Waals surface area contributed by atoms with Crippen LogP contribution in [-0.4, -0.2) is 11.2 Å². The number of halogens is 1. The van der Waals surface area contributed by atoms with E-state index < -0.39 is 0 Å². The predicted molar refractivity (Wildman–Crippen MR) is 78.5 cm³/mol. The SMILES string of the molecule is CCC[C@H](C)Oc1ccc(-c2ccc(O)cc2)cc1F. The Bertz CT molecular complexity index is 564. The van der Waals surface area contributed by atoms with Gasteiger partial charge in [0.2, 0.25) is 0 Å². The van der Waals surface area contributed by atoms with Gasteiger partial charge in [-0.2, -0.15) is 0 Å². The number of aromatic hydroxyl groups is 1. The van der Waals surface area contributed by atoms with Crippen molar-refractivity contribution in [3.63, 3.8) is 0 Å². The number of hydrogen-bond acceptors (Lipinski definition) is 2. The molecule has 1 atom stereocenters. The first-order valence-electron chi connectivity index (χ1n) is 6.85. The smallest absolute Gasteiger partial charge is 0.165 e. The van der Waals surface area contributed by atoms with E-state index in [1.165, 1.54) is 6.07 Å². The van der Waals surface area contributed by atoms with Crippen molar-refractivity contribution in [2.24, 2.45) is 0 Å². The number of ether oxygens (including phenoxy) is 1. The number of phenols is 1. The summed E-state index contributed by atoms with van der Waals surface area (Å²) in [7, 11) is 0. The summed E-state index contributed by atoms with van der Waals surface area (Å²) in [6.45, 7) is 4.01. The van der Waals surface area contributed by atoms with Gasteiger partial charge in [0.05, 0.1) is 6.10 Å².